The topological polar surface area (TPSA) is 0 Å². The van der Waals surface area contributed by atoms with E-state index in [1.807, 2.05) is 0 Å². The summed E-state index contributed by atoms with van der Waals surface area (Å²) >= 11 is 0. The third-order valence-electron chi connectivity index (χ3n) is 5.52. The zero-order chi connectivity index (χ0) is 14.8. The Balaban J connectivity index is 1.99. The van der Waals surface area contributed by atoms with Crippen molar-refractivity contribution < 1.29 is 0 Å². The normalized spacial score (nSPS) is 28.1. The van der Waals surface area contributed by atoms with E-state index in [4.69, 9.17) is 0 Å². The number of fused-ring (bicyclic) bond motifs is 5. The van der Waals surface area contributed by atoms with Gasteiger partial charge in [-0.2, -0.15) is 0 Å². The van der Waals surface area contributed by atoms with Crippen molar-refractivity contribution in [3.63, 3.8) is 0 Å². The molecule has 0 bridgehead atoms. The van der Waals surface area contributed by atoms with E-state index in [1.54, 1.807) is 5.57 Å². The van der Waals surface area contributed by atoms with Gasteiger partial charge in [-0.05, 0) is 36.1 Å². The fraction of sp³-hybridized carbons (Fsp3) is 0.333. The second kappa shape index (κ2) is 4.10. The van der Waals surface area contributed by atoms with E-state index in [9.17, 15) is 0 Å². The summed E-state index contributed by atoms with van der Waals surface area (Å²) in [6.45, 7) is 9.24. The summed E-state index contributed by atoms with van der Waals surface area (Å²) in [7, 11) is 0. The van der Waals surface area contributed by atoms with Crippen LogP contribution in [0.25, 0.3) is 0 Å². The Hall–Kier alpha value is -1.82. The first-order valence-corrected chi connectivity index (χ1v) is 7.89. The van der Waals surface area contributed by atoms with Gasteiger partial charge in [0.1, 0.15) is 0 Å². The lowest BCUT2D eigenvalue weighted by molar-refractivity contribution is 0.562. The van der Waals surface area contributed by atoms with Gasteiger partial charge in [-0.15, -0.1) is 0 Å². The first-order chi connectivity index (χ1) is 10.00. The van der Waals surface area contributed by atoms with E-state index in [-0.39, 0.29) is 5.41 Å². The van der Waals surface area contributed by atoms with E-state index in [2.05, 4.69) is 76.3 Å². The number of hydrogen-bond donors (Lipinski definition) is 0. The van der Waals surface area contributed by atoms with Gasteiger partial charge in [-0.25, -0.2) is 0 Å². The molecule has 3 aliphatic carbocycles. The lowest BCUT2D eigenvalue weighted by Crippen LogP contribution is -2.23. The van der Waals surface area contributed by atoms with E-state index >= 15 is 0 Å². The van der Waals surface area contributed by atoms with Gasteiger partial charge >= 0.3 is 0 Å². The number of allylic oxidation sites excluding steroid dienone is 8. The van der Waals surface area contributed by atoms with Crippen molar-refractivity contribution in [2.24, 2.45) is 5.92 Å². The average Bonchev–Trinajstić information content (AvgIpc) is 2.68. The highest BCUT2D eigenvalue weighted by Crippen LogP contribution is 2.57. The predicted octanol–water partition coefficient (Wildman–Crippen LogP) is 5.37. The molecule has 0 amide bonds. The molecule has 0 fully saturated rings. The summed E-state index contributed by atoms with van der Waals surface area (Å²) in [5.74, 6) is 1.04. The molecule has 0 saturated carbocycles. The molecule has 0 aliphatic heterocycles. The number of aryl methyl sites for hydroxylation is 1. The van der Waals surface area contributed by atoms with Crippen LogP contribution in [0.15, 0.2) is 65.3 Å². The molecule has 4 rings (SSSR count). The van der Waals surface area contributed by atoms with Gasteiger partial charge < -0.3 is 0 Å². The van der Waals surface area contributed by atoms with Gasteiger partial charge in [0.2, 0.25) is 0 Å². The fourth-order valence-electron chi connectivity index (χ4n) is 4.41. The number of benzene rings is 1. The molecule has 2 atom stereocenters. The SMILES string of the molecule is CC1=C2C=CC=CC2C2C(=C1)C(C)(C)c1cc(C)ccc12. The lowest BCUT2D eigenvalue weighted by Gasteiger charge is -2.34. The van der Waals surface area contributed by atoms with Crippen molar-refractivity contribution in [1.82, 2.24) is 0 Å². The van der Waals surface area contributed by atoms with Crippen molar-refractivity contribution in [3.8, 4) is 0 Å². The summed E-state index contributed by atoms with van der Waals surface area (Å²) in [4.78, 5) is 0. The second-order valence-electron chi connectivity index (χ2n) is 7.20. The van der Waals surface area contributed by atoms with Gasteiger partial charge in [0.25, 0.3) is 0 Å². The molecule has 2 unspecified atom stereocenters. The van der Waals surface area contributed by atoms with Gasteiger partial charge in [0.15, 0.2) is 0 Å². The summed E-state index contributed by atoms with van der Waals surface area (Å²) in [5, 5.41) is 0. The summed E-state index contributed by atoms with van der Waals surface area (Å²) in [6, 6.07) is 7.03. The van der Waals surface area contributed by atoms with E-state index in [0.29, 0.717) is 11.8 Å². The van der Waals surface area contributed by atoms with Gasteiger partial charge in [0, 0.05) is 17.3 Å². The van der Waals surface area contributed by atoms with Crippen LogP contribution in [0.3, 0.4) is 0 Å². The van der Waals surface area contributed by atoms with Crippen molar-refractivity contribution in [2.45, 2.75) is 39.0 Å². The molecule has 0 nitrogen and oxygen atoms in total. The first-order valence-electron chi connectivity index (χ1n) is 7.89. The lowest BCUT2D eigenvalue weighted by atomic mass is 9.69. The molecule has 0 spiro atoms. The van der Waals surface area contributed by atoms with Crippen molar-refractivity contribution in [2.75, 3.05) is 0 Å². The van der Waals surface area contributed by atoms with Crippen molar-refractivity contribution in [3.05, 3.63) is 82.0 Å². The van der Waals surface area contributed by atoms with E-state index in [0.717, 1.165) is 0 Å². The monoisotopic (exact) mass is 274 g/mol. The highest BCUT2D eigenvalue weighted by Gasteiger charge is 2.46. The highest BCUT2D eigenvalue weighted by atomic mass is 14.5. The molecule has 0 aromatic heterocycles. The van der Waals surface area contributed by atoms with E-state index in [1.165, 1.54) is 27.8 Å². The molecule has 3 aliphatic rings. The minimum Gasteiger partial charge on any atom is -0.0761 e. The van der Waals surface area contributed by atoms with Gasteiger partial charge in [0.05, 0.1) is 0 Å². The molecule has 1 aromatic rings. The van der Waals surface area contributed by atoms with Crippen molar-refractivity contribution >= 4 is 0 Å². The largest absolute Gasteiger partial charge is 0.0761 e. The molecule has 1 aromatic carbocycles. The highest BCUT2D eigenvalue weighted by molar-refractivity contribution is 5.62. The summed E-state index contributed by atoms with van der Waals surface area (Å²) in [6.07, 6.45) is 11.5. The maximum absolute atomic E-state index is 2.45. The Morgan fingerprint density at radius 2 is 1.86 bits per heavy atom. The van der Waals surface area contributed by atoms with Crippen LogP contribution in [0.4, 0.5) is 0 Å². The number of hydrogen-bond acceptors (Lipinski definition) is 0. The fourth-order valence-corrected chi connectivity index (χ4v) is 4.41. The predicted molar refractivity (Wildman–Crippen MR) is 89.5 cm³/mol. The van der Waals surface area contributed by atoms with Crippen molar-refractivity contribution in [1.29, 1.82) is 0 Å². The van der Waals surface area contributed by atoms with Crippen LogP contribution in [-0.2, 0) is 5.41 Å². The minimum atomic E-state index is 0.147. The molecule has 21 heavy (non-hydrogen) atoms. The summed E-state index contributed by atoms with van der Waals surface area (Å²) in [5.41, 5.74) is 9.09. The maximum atomic E-state index is 2.45. The first kappa shape index (κ1) is 12.9. The van der Waals surface area contributed by atoms with Crippen LogP contribution in [0.5, 0.6) is 0 Å². The zero-order valence-electron chi connectivity index (χ0n) is 13.3. The molecule has 0 saturated heterocycles. The maximum Gasteiger partial charge on any atom is 0.0167 e. The van der Waals surface area contributed by atoms with Crippen LogP contribution in [0, 0.1) is 12.8 Å². The molecule has 0 N–H and O–H groups in total. The molecular weight excluding hydrogens is 252 g/mol. The van der Waals surface area contributed by atoms with Gasteiger partial charge in [-0.1, -0.05) is 73.6 Å². The Morgan fingerprint density at radius 3 is 2.67 bits per heavy atom. The Morgan fingerprint density at radius 1 is 1.05 bits per heavy atom. The van der Waals surface area contributed by atoms with Crippen LogP contribution in [-0.4, -0.2) is 0 Å². The molecule has 0 radical (unpaired) electrons. The third kappa shape index (κ3) is 1.62. The van der Waals surface area contributed by atoms with Crippen LogP contribution in [0.1, 0.15) is 43.4 Å². The van der Waals surface area contributed by atoms with Gasteiger partial charge in [-0.3, -0.25) is 0 Å². The third-order valence-corrected chi connectivity index (χ3v) is 5.52. The molecule has 106 valence electrons. The Labute approximate surface area is 127 Å². The Kier molecular flexibility index (Phi) is 2.52. The molecular formula is C21H22. The second-order valence-corrected chi connectivity index (χ2v) is 7.20. The quantitative estimate of drug-likeness (QED) is 0.596. The molecule has 0 heterocycles. The molecule has 0 heteroatoms. The van der Waals surface area contributed by atoms with Crippen LogP contribution < -0.4 is 0 Å². The minimum absolute atomic E-state index is 0.147. The summed E-state index contributed by atoms with van der Waals surface area (Å²) < 4.78 is 0. The van der Waals surface area contributed by atoms with Crippen LogP contribution >= 0.6 is 0 Å². The standard InChI is InChI=1S/C21H22/c1-13-9-10-17-18(11-13)21(3,4)19-12-14(2)15-7-5-6-8-16(15)20(17)19/h5-12,16,20H,1-4H3. The van der Waals surface area contributed by atoms with Crippen LogP contribution in [0.2, 0.25) is 0 Å². The number of rotatable bonds is 0. The Bertz CT molecular complexity index is 750. The average molecular weight is 274 g/mol. The van der Waals surface area contributed by atoms with E-state index < -0.39 is 0 Å². The smallest absolute Gasteiger partial charge is 0.0167 e. The zero-order valence-corrected chi connectivity index (χ0v) is 13.3.